The molecule has 1 unspecified atom stereocenters. The summed E-state index contributed by atoms with van der Waals surface area (Å²) < 4.78 is 6.04. The molecule has 14 heavy (non-hydrogen) atoms. The minimum Gasteiger partial charge on any atom is -0.358 e. The summed E-state index contributed by atoms with van der Waals surface area (Å²) in [6.07, 6.45) is 4.91. The molecule has 0 radical (unpaired) electrons. The van der Waals surface area contributed by atoms with E-state index >= 15 is 0 Å². The van der Waals surface area contributed by atoms with Gasteiger partial charge in [0.15, 0.2) is 0 Å². The van der Waals surface area contributed by atoms with E-state index < -0.39 is 0 Å². The first-order valence-electron chi connectivity index (χ1n) is 4.32. The van der Waals surface area contributed by atoms with Gasteiger partial charge in [0, 0.05) is 16.6 Å². The van der Waals surface area contributed by atoms with Gasteiger partial charge < -0.3 is 5.32 Å². The van der Waals surface area contributed by atoms with Crippen molar-refractivity contribution >= 4 is 40.6 Å². The number of hydrogen-bond acceptors (Lipinski definition) is 3. The van der Waals surface area contributed by atoms with Crippen LogP contribution in [0, 0.1) is 0 Å². The van der Waals surface area contributed by atoms with Crippen LogP contribution in [0.2, 0.25) is 0 Å². The molecule has 0 aliphatic carbocycles. The summed E-state index contributed by atoms with van der Waals surface area (Å²) in [6, 6.07) is 6.11. The Labute approximate surface area is 97.1 Å². The van der Waals surface area contributed by atoms with Crippen molar-refractivity contribution in [1.82, 2.24) is 0 Å². The van der Waals surface area contributed by atoms with Gasteiger partial charge in [-0.3, -0.25) is 4.18 Å². The highest BCUT2D eigenvalue weighted by atomic mass is 79.9. The van der Waals surface area contributed by atoms with Crippen molar-refractivity contribution in [3.8, 4) is 0 Å². The summed E-state index contributed by atoms with van der Waals surface area (Å²) in [5.74, 6) is 0. The van der Waals surface area contributed by atoms with Crippen molar-refractivity contribution in [2.45, 2.75) is 12.6 Å². The summed E-state index contributed by atoms with van der Waals surface area (Å²) in [6.45, 7) is 0. The van der Waals surface area contributed by atoms with Crippen LogP contribution in [0.15, 0.2) is 28.7 Å². The van der Waals surface area contributed by atoms with E-state index in [2.05, 4.69) is 52.4 Å². The Kier molecular flexibility index (Phi) is 3.15. The number of benzene rings is 1. The van der Waals surface area contributed by atoms with Crippen molar-refractivity contribution in [2.75, 3.05) is 5.32 Å². The third-order valence-electron chi connectivity index (χ3n) is 2.11. The van der Waals surface area contributed by atoms with Gasteiger partial charge in [0.1, 0.15) is 6.23 Å². The molecule has 0 saturated heterocycles. The van der Waals surface area contributed by atoms with Gasteiger partial charge in [-0.25, -0.2) is 0 Å². The molecular weight excluding hydrogens is 262 g/mol. The lowest BCUT2D eigenvalue weighted by Gasteiger charge is -2.15. The average Bonchev–Trinajstić information content (AvgIpc) is 2.38. The molecule has 4 heteroatoms. The Hall–Kier alpha value is -0.450. The average molecular weight is 272 g/mol. The van der Waals surface area contributed by atoms with Gasteiger partial charge in [-0.15, -0.1) is 0 Å². The molecule has 1 atom stereocenters. The highest BCUT2D eigenvalue weighted by molar-refractivity contribution is 9.10. The van der Waals surface area contributed by atoms with Gasteiger partial charge in [-0.2, -0.15) is 0 Å². The highest BCUT2D eigenvalue weighted by Crippen LogP contribution is 2.26. The lowest BCUT2D eigenvalue weighted by atomic mass is 10.2. The van der Waals surface area contributed by atoms with Crippen LogP contribution in [-0.4, -0.2) is 6.23 Å². The first-order chi connectivity index (χ1) is 6.79. The molecule has 2 rings (SSSR count). The van der Waals surface area contributed by atoms with Crippen LogP contribution >= 0.6 is 28.8 Å². The van der Waals surface area contributed by atoms with Gasteiger partial charge in [0.05, 0.1) is 0 Å². The van der Waals surface area contributed by atoms with E-state index in [-0.39, 0.29) is 6.23 Å². The van der Waals surface area contributed by atoms with E-state index in [0.717, 1.165) is 16.6 Å². The monoisotopic (exact) mass is 271 g/mol. The number of fused-ring (bicyclic) bond motifs is 1. The smallest absolute Gasteiger partial charge is 0.144 e. The molecular formula is C10H10BrNOS. The van der Waals surface area contributed by atoms with Crippen LogP contribution in [0.5, 0.6) is 0 Å². The molecule has 74 valence electrons. The summed E-state index contributed by atoms with van der Waals surface area (Å²) in [5, 5.41) is 3.26. The molecule has 0 spiro atoms. The number of hydrogen-bond donors (Lipinski definition) is 2. The topological polar surface area (TPSA) is 21.3 Å². The van der Waals surface area contributed by atoms with Crippen molar-refractivity contribution in [1.29, 1.82) is 0 Å². The Morgan fingerprint density at radius 2 is 2.36 bits per heavy atom. The first kappa shape index (κ1) is 10.1. The Morgan fingerprint density at radius 1 is 1.50 bits per heavy atom. The highest BCUT2D eigenvalue weighted by Gasteiger charge is 2.11. The van der Waals surface area contributed by atoms with E-state index in [1.807, 2.05) is 12.1 Å². The van der Waals surface area contributed by atoms with Crippen molar-refractivity contribution in [3.05, 3.63) is 34.3 Å². The van der Waals surface area contributed by atoms with E-state index in [1.54, 1.807) is 0 Å². The third-order valence-corrected chi connectivity index (χ3v) is 2.85. The predicted octanol–water partition coefficient (Wildman–Crippen LogP) is 3.47. The summed E-state index contributed by atoms with van der Waals surface area (Å²) in [4.78, 5) is 0. The molecule has 1 aromatic rings. The zero-order valence-corrected chi connectivity index (χ0v) is 9.89. The normalized spacial score (nSPS) is 19.7. The zero-order chi connectivity index (χ0) is 9.97. The van der Waals surface area contributed by atoms with Gasteiger partial charge in [-0.05, 0) is 30.6 Å². The fraction of sp³-hybridized carbons (Fsp3) is 0.200. The molecule has 0 aromatic heterocycles. The fourth-order valence-electron chi connectivity index (χ4n) is 1.42. The standard InChI is InChI=1S/C10H10BrNOS/c11-8-5-4-7-2-1-3-10(13-14)12-9(7)6-8/h1-2,4-6,10,12,14H,3H2. The third kappa shape index (κ3) is 2.13. The van der Waals surface area contributed by atoms with Crippen LogP contribution in [0.3, 0.4) is 0 Å². The summed E-state index contributed by atoms with van der Waals surface area (Å²) in [7, 11) is 0. The number of rotatable bonds is 1. The lowest BCUT2D eigenvalue weighted by Crippen LogP contribution is -2.18. The van der Waals surface area contributed by atoms with E-state index in [9.17, 15) is 0 Å². The predicted molar refractivity (Wildman–Crippen MR) is 65.3 cm³/mol. The van der Waals surface area contributed by atoms with Crippen LogP contribution in [-0.2, 0) is 4.18 Å². The van der Waals surface area contributed by atoms with Gasteiger partial charge in [0.2, 0.25) is 0 Å². The summed E-state index contributed by atoms with van der Waals surface area (Å²) >= 11 is 7.25. The first-order valence-corrected chi connectivity index (χ1v) is 5.48. The maximum Gasteiger partial charge on any atom is 0.144 e. The van der Waals surface area contributed by atoms with Crippen LogP contribution in [0.4, 0.5) is 5.69 Å². The minimum absolute atomic E-state index is 0.0647. The zero-order valence-electron chi connectivity index (χ0n) is 7.40. The molecule has 2 nitrogen and oxygen atoms in total. The van der Waals surface area contributed by atoms with E-state index in [1.165, 1.54) is 5.56 Å². The molecule has 0 saturated carbocycles. The minimum atomic E-state index is -0.0647. The number of nitrogens with one attached hydrogen (secondary N) is 1. The van der Waals surface area contributed by atoms with Crippen LogP contribution in [0.1, 0.15) is 12.0 Å². The Bertz CT molecular complexity index is 367. The SMILES string of the molecule is SOC1CC=Cc2ccc(Br)cc2N1. The maximum absolute atomic E-state index is 4.98. The molecule has 1 N–H and O–H groups in total. The Balaban J connectivity index is 2.36. The number of anilines is 1. The lowest BCUT2D eigenvalue weighted by molar-refractivity contribution is 0.285. The molecule has 0 fully saturated rings. The van der Waals surface area contributed by atoms with Gasteiger partial charge in [-0.1, -0.05) is 34.1 Å². The Morgan fingerprint density at radius 3 is 3.14 bits per heavy atom. The molecule has 1 aliphatic rings. The maximum atomic E-state index is 4.98. The second-order valence-electron chi connectivity index (χ2n) is 3.11. The molecule has 0 amide bonds. The largest absolute Gasteiger partial charge is 0.358 e. The van der Waals surface area contributed by atoms with Crippen molar-refractivity contribution in [2.24, 2.45) is 0 Å². The van der Waals surface area contributed by atoms with Crippen molar-refractivity contribution < 1.29 is 4.18 Å². The molecule has 1 heterocycles. The molecule has 1 aliphatic heterocycles. The fourth-order valence-corrected chi connectivity index (χ4v) is 1.92. The van der Waals surface area contributed by atoms with Gasteiger partial charge >= 0.3 is 0 Å². The van der Waals surface area contributed by atoms with Gasteiger partial charge in [0.25, 0.3) is 0 Å². The van der Waals surface area contributed by atoms with E-state index in [4.69, 9.17) is 4.18 Å². The number of thiol groups is 1. The van der Waals surface area contributed by atoms with E-state index in [0.29, 0.717) is 0 Å². The summed E-state index contributed by atoms with van der Waals surface area (Å²) in [5.41, 5.74) is 2.23. The molecule has 0 bridgehead atoms. The van der Waals surface area contributed by atoms with Crippen LogP contribution < -0.4 is 5.32 Å². The van der Waals surface area contributed by atoms with Crippen LogP contribution in [0.25, 0.3) is 6.08 Å². The number of halogens is 1. The second kappa shape index (κ2) is 4.38. The quantitative estimate of drug-likeness (QED) is 0.603. The molecule has 1 aromatic carbocycles. The second-order valence-corrected chi connectivity index (χ2v) is 4.23. The van der Waals surface area contributed by atoms with Crippen molar-refractivity contribution in [3.63, 3.8) is 0 Å².